The van der Waals surface area contributed by atoms with Crippen molar-refractivity contribution >= 4 is 23.6 Å². The number of anilines is 1. The van der Waals surface area contributed by atoms with E-state index in [0.717, 1.165) is 0 Å². The Morgan fingerprint density at radius 3 is 2.46 bits per heavy atom. The molecule has 1 unspecified atom stereocenters. The molecule has 0 bridgehead atoms. The summed E-state index contributed by atoms with van der Waals surface area (Å²) in [4.78, 5) is 34.9. The fraction of sp³-hybridized carbons (Fsp3) is 0.118. The quantitative estimate of drug-likeness (QED) is 0.899. The summed E-state index contributed by atoms with van der Waals surface area (Å²) >= 11 is 0. The van der Waals surface area contributed by atoms with Crippen LogP contribution in [-0.4, -0.2) is 25.0 Å². The molecule has 3 amide bonds. The molecule has 2 aromatic carbocycles. The summed E-state index contributed by atoms with van der Waals surface area (Å²) in [5.74, 6) is -0.350. The Hall–Kier alpha value is -3.35. The predicted octanol–water partition coefficient (Wildman–Crippen LogP) is 2.25. The molecule has 0 aromatic heterocycles. The number of hydrogen-bond donors (Lipinski definition) is 2. The molecule has 1 aliphatic heterocycles. The normalized spacial score (nSPS) is 16.3. The molecule has 0 aliphatic carbocycles. The van der Waals surface area contributed by atoms with E-state index in [-0.39, 0.29) is 5.91 Å². The van der Waals surface area contributed by atoms with Gasteiger partial charge in [-0.15, -0.1) is 0 Å². The molecular weight excluding hydrogens is 312 g/mol. The van der Waals surface area contributed by atoms with E-state index >= 15 is 0 Å². The van der Waals surface area contributed by atoms with Gasteiger partial charge in [0.05, 0.1) is 12.7 Å². The highest BCUT2D eigenvalue weighted by Crippen LogP contribution is 2.24. The predicted molar refractivity (Wildman–Crippen MR) is 84.8 cm³/mol. The largest absolute Gasteiger partial charge is 0.496 e. The summed E-state index contributed by atoms with van der Waals surface area (Å²) in [6.07, 6.45) is -1.73. The fourth-order valence-corrected chi connectivity index (χ4v) is 2.35. The highest BCUT2D eigenvalue weighted by Gasteiger charge is 2.33. The van der Waals surface area contributed by atoms with Gasteiger partial charge in [0.2, 0.25) is 6.10 Å². The maximum atomic E-state index is 12.3. The molecule has 1 atom stereocenters. The molecule has 7 nitrogen and oxygen atoms in total. The van der Waals surface area contributed by atoms with Crippen LogP contribution in [0.5, 0.6) is 5.75 Å². The summed E-state index contributed by atoms with van der Waals surface area (Å²) in [6.45, 7) is 0. The van der Waals surface area contributed by atoms with Gasteiger partial charge in [0.1, 0.15) is 5.75 Å². The first-order valence-electron chi connectivity index (χ1n) is 7.14. The molecule has 2 aromatic rings. The first-order valence-corrected chi connectivity index (χ1v) is 7.14. The van der Waals surface area contributed by atoms with E-state index in [9.17, 15) is 14.4 Å². The molecule has 1 fully saturated rings. The van der Waals surface area contributed by atoms with E-state index in [0.29, 0.717) is 22.6 Å². The van der Waals surface area contributed by atoms with Crippen LogP contribution in [-0.2, 0) is 9.53 Å². The summed E-state index contributed by atoms with van der Waals surface area (Å²) < 4.78 is 10.0. The molecule has 0 saturated carbocycles. The van der Waals surface area contributed by atoms with Crippen molar-refractivity contribution in [2.45, 2.75) is 6.10 Å². The fourth-order valence-electron chi connectivity index (χ4n) is 2.35. The Balaban J connectivity index is 1.73. The van der Waals surface area contributed by atoms with Gasteiger partial charge in [-0.25, -0.2) is 4.79 Å². The van der Waals surface area contributed by atoms with E-state index in [1.54, 1.807) is 48.5 Å². The molecule has 1 heterocycles. The zero-order valence-electron chi connectivity index (χ0n) is 12.7. The monoisotopic (exact) mass is 326 g/mol. The minimum absolute atomic E-state index is 0.315. The van der Waals surface area contributed by atoms with Crippen LogP contribution in [0.15, 0.2) is 48.5 Å². The van der Waals surface area contributed by atoms with Crippen LogP contribution in [0, 0.1) is 0 Å². The van der Waals surface area contributed by atoms with Crippen molar-refractivity contribution in [2.24, 2.45) is 0 Å². The van der Waals surface area contributed by atoms with Crippen molar-refractivity contribution in [3.05, 3.63) is 59.7 Å². The molecule has 1 saturated heterocycles. The van der Waals surface area contributed by atoms with Crippen LogP contribution in [0.3, 0.4) is 0 Å². The second-order valence-electron chi connectivity index (χ2n) is 5.05. The van der Waals surface area contributed by atoms with Gasteiger partial charge in [-0.3, -0.25) is 14.9 Å². The van der Waals surface area contributed by atoms with Crippen LogP contribution < -0.4 is 15.4 Å². The number of benzene rings is 2. The number of amides is 3. The van der Waals surface area contributed by atoms with Crippen LogP contribution in [0.25, 0.3) is 0 Å². The summed E-state index contributed by atoms with van der Waals surface area (Å²) in [6, 6.07) is 13.4. The van der Waals surface area contributed by atoms with Crippen molar-refractivity contribution in [2.75, 3.05) is 12.4 Å². The molecule has 1 aliphatic rings. The second kappa shape index (κ2) is 6.41. The van der Waals surface area contributed by atoms with Crippen molar-refractivity contribution in [1.29, 1.82) is 0 Å². The van der Waals surface area contributed by atoms with Gasteiger partial charge in [0, 0.05) is 11.3 Å². The van der Waals surface area contributed by atoms with Crippen LogP contribution in [0.2, 0.25) is 0 Å². The lowest BCUT2D eigenvalue weighted by Crippen LogP contribution is -2.20. The van der Waals surface area contributed by atoms with E-state index in [1.165, 1.54) is 7.11 Å². The molecule has 122 valence electrons. The zero-order valence-corrected chi connectivity index (χ0v) is 12.7. The van der Waals surface area contributed by atoms with Crippen LogP contribution >= 0.6 is 0 Å². The number of rotatable bonds is 4. The van der Waals surface area contributed by atoms with Crippen molar-refractivity contribution < 1.29 is 23.9 Å². The maximum absolute atomic E-state index is 12.3. The van der Waals surface area contributed by atoms with Crippen LogP contribution in [0.1, 0.15) is 22.0 Å². The number of cyclic esters (lactones) is 1. The lowest BCUT2D eigenvalue weighted by molar-refractivity contribution is -0.123. The lowest BCUT2D eigenvalue weighted by atomic mass is 10.1. The number of imide groups is 1. The molecular formula is C17H14N2O5. The summed E-state index contributed by atoms with van der Waals surface area (Å²) in [7, 11) is 1.49. The van der Waals surface area contributed by atoms with Crippen LogP contribution in [0.4, 0.5) is 10.5 Å². The summed E-state index contributed by atoms with van der Waals surface area (Å²) in [5, 5.41) is 4.81. The Morgan fingerprint density at radius 2 is 1.83 bits per heavy atom. The number of ether oxygens (including phenoxy) is 2. The molecule has 7 heteroatoms. The standard InChI is InChI=1S/C17H14N2O5/c1-23-13-5-3-2-4-12(13)15(20)18-11-8-6-10(7-9-11)14-16(21)19-17(22)24-14/h2-9,14H,1H3,(H,18,20)(H,19,21,22). The topological polar surface area (TPSA) is 93.7 Å². The Bertz CT molecular complexity index is 801. The average Bonchev–Trinajstić information content (AvgIpc) is 2.94. The minimum atomic E-state index is -0.962. The Kier molecular flexibility index (Phi) is 4.15. The third-order valence-electron chi connectivity index (χ3n) is 3.51. The molecule has 2 N–H and O–H groups in total. The summed E-state index contributed by atoms with van der Waals surface area (Å²) in [5.41, 5.74) is 1.47. The molecule has 3 rings (SSSR count). The maximum Gasteiger partial charge on any atom is 0.415 e. The van der Waals surface area contributed by atoms with Crippen molar-refractivity contribution in [1.82, 2.24) is 5.32 Å². The Morgan fingerprint density at radius 1 is 1.12 bits per heavy atom. The van der Waals surface area contributed by atoms with Gasteiger partial charge in [0.15, 0.2) is 0 Å². The van der Waals surface area contributed by atoms with E-state index in [4.69, 9.17) is 9.47 Å². The number of carbonyl (C=O) groups is 3. The highest BCUT2D eigenvalue weighted by atomic mass is 16.6. The van der Waals surface area contributed by atoms with Crippen molar-refractivity contribution in [3.8, 4) is 5.75 Å². The molecule has 0 spiro atoms. The number of hydrogen-bond acceptors (Lipinski definition) is 5. The van der Waals surface area contributed by atoms with Gasteiger partial charge in [0.25, 0.3) is 11.8 Å². The third kappa shape index (κ3) is 3.05. The van der Waals surface area contributed by atoms with Gasteiger partial charge in [-0.2, -0.15) is 0 Å². The third-order valence-corrected chi connectivity index (χ3v) is 3.51. The smallest absolute Gasteiger partial charge is 0.415 e. The SMILES string of the molecule is COc1ccccc1C(=O)Nc1ccc(C2OC(=O)NC2=O)cc1. The van der Waals surface area contributed by atoms with E-state index < -0.39 is 18.1 Å². The van der Waals surface area contributed by atoms with Gasteiger partial charge in [-0.05, 0) is 24.3 Å². The minimum Gasteiger partial charge on any atom is -0.496 e. The van der Waals surface area contributed by atoms with Gasteiger partial charge < -0.3 is 14.8 Å². The number of nitrogens with one attached hydrogen (secondary N) is 2. The lowest BCUT2D eigenvalue weighted by Gasteiger charge is -2.10. The first kappa shape index (κ1) is 15.5. The Labute approximate surface area is 137 Å². The first-order chi connectivity index (χ1) is 11.6. The molecule has 0 radical (unpaired) electrons. The molecule has 24 heavy (non-hydrogen) atoms. The number of carbonyl (C=O) groups excluding carboxylic acids is 3. The van der Waals surface area contributed by atoms with E-state index in [1.807, 2.05) is 0 Å². The van der Waals surface area contributed by atoms with Crippen molar-refractivity contribution in [3.63, 3.8) is 0 Å². The average molecular weight is 326 g/mol. The highest BCUT2D eigenvalue weighted by molar-refractivity contribution is 6.06. The number of methoxy groups -OCH3 is 1. The second-order valence-corrected chi connectivity index (χ2v) is 5.05. The zero-order chi connectivity index (χ0) is 17.1. The number of alkyl carbamates (subject to hydrolysis) is 1. The van der Waals surface area contributed by atoms with Gasteiger partial charge >= 0.3 is 6.09 Å². The number of para-hydroxylation sites is 1. The van der Waals surface area contributed by atoms with Gasteiger partial charge in [-0.1, -0.05) is 24.3 Å². The van der Waals surface area contributed by atoms with E-state index in [2.05, 4.69) is 10.6 Å².